The lowest BCUT2D eigenvalue weighted by molar-refractivity contribution is 1.28. The normalized spacial score (nSPS) is 11.3. The fourth-order valence-corrected chi connectivity index (χ4v) is 9.87. The lowest BCUT2D eigenvalue weighted by atomic mass is 9.93. The molecule has 282 valence electrons. The number of hydrogen-bond acceptors (Lipinski definition) is 2. The largest absolute Gasteiger partial charge is 0.311 e. The fraction of sp³-hybridized carbons (Fsp3) is 0. The third kappa shape index (κ3) is 6.63. The van der Waals surface area contributed by atoms with Gasteiger partial charge in [-0.05, 0) is 128 Å². The predicted octanol–water partition coefficient (Wildman–Crippen LogP) is 17.0. The Labute approximate surface area is 354 Å². The first-order valence-electron chi connectivity index (χ1n) is 20.5. The third-order valence-electron chi connectivity index (χ3n) is 11.7. The van der Waals surface area contributed by atoms with Gasteiger partial charge in [0.15, 0.2) is 0 Å². The van der Waals surface area contributed by atoms with E-state index in [4.69, 9.17) is 0 Å². The molecule has 11 aromatic rings. The molecular weight excluding hydrogens is 743 g/mol. The zero-order valence-corrected chi connectivity index (χ0v) is 33.7. The van der Waals surface area contributed by atoms with Crippen LogP contribution in [0.15, 0.2) is 237 Å². The summed E-state index contributed by atoms with van der Waals surface area (Å²) < 4.78 is 2.68. The van der Waals surface area contributed by atoms with Crippen molar-refractivity contribution in [2.75, 3.05) is 4.90 Å². The van der Waals surface area contributed by atoms with Crippen molar-refractivity contribution in [1.29, 1.82) is 0 Å². The smallest absolute Gasteiger partial charge is 0.0462 e. The summed E-state index contributed by atoms with van der Waals surface area (Å²) in [6.07, 6.45) is 0. The second-order valence-corrected chi connectivity index (χ2v) is 16.4. The maximum atomic E-state index is 2.40. The van der Waals surface area contributed by atoms with E-state index < -0.39 is 0 Å². The van der Waals surface area contributed by atoms with Gasteiger partial charge >= 0.3 is 0 Å². The van der Waals surface area contributed by atoms with Crippen LogP contribution in [0.1, 0.15) is 0 Å². The summed E-state index contributed by atoms with van der Waals surface area (Å²) in [7, 11) is 0. The van der Waals surface area contributed by atoms with Gasteiger partial charge < -0.3 is 4.90 Å². The van der Waals surface area contributed by atoms with Crippen molar-refractivity contribution in [1.82, 2.24) is 0 Å². The Kier molecular flexibility index (Phi) is 9.11. The van der Waals surface area contributed by atoms with Crippen molar-refractivity contribution in [2.24, 2.45) is 0 Å². The molecule has 0 saturated heterocycles. The number of fused-ring (bicyclic) bond motifs is 5. The van der Waals surface area contributed by atoms with Crippen molar-refractivity contribution in [2.45, 2.75) is 0 Å². The van der Waals surface area contributed by atoms with E-state index in [1.54, 1.807) is 0 Å². The zero-order valence-electron chi connectivity index (χ0n) is 32.9. The average molecular weight is 782 g/mol. The first-order valence-corrected chi connectivity index (χ1v) is 21.3. The van der Waals surface area contributed by atoms with Gasteiger partial charge in [0, 0.05) is 42.6 Å². The maximum absolute atomic E-state index is 2.40. The molecule has 0 radical (unpaired) electrons. The minimum Gasteiger partial charge on any atom is -0.311 e. The van der Waals surface area contributed by atoms with E-state index in [9.17, 15) is 0 Å². The molecule has 0 aliphatic carbocycles. The number of benzene rings is 10. The highest BCUT2D eigenvalue weighted by molar-refractivity contribution is 7.26. The lowest BCUT2D eigenvalue weighted by Crippen LogP contribution is -2.09. The zero-order chi connectivity index (χ0) is 39.8. The van der Waals surface area contributed by atoms with Crippen LogP contribution in [-0.4, -0.2) is 0 Å². The number of nitrogens with zero attached hydrogens (tertiary/aromatic N) is 1. The molecule has 2 heteroatoms. The summed E-state index contributed by atoms with van der Waals surface area (Å²) in [5.41, 5.74) is 15.3. The highest BCUT2D eigenvalue weighted by Crippen LogP contribution is 2.44. The van der Waals surface area contributed by atoms with E-state index in [0.717, 1.165) is 17.1 Å². The second kappa shape index (κ2) is 15.3. The van der Waals surface area contributed by atoms with Gasteiger partial charge in [0.05, 0.1) is 0 Å². The summed E-state index contributed by atoms with van der Waals surface area (Å²) in [6, 6.07) is 86.0. The maximum Gasteiger partial charge on any atom is 0.0462 e. The molecule has 0 aliphatic heterocycles. The Morgan fingerprint density at radius 2 is 0.617 bits per heavy atom. The van der Waals surface area contributed by atoms with Crippen molar-refractivity contribution in [3.05, 3.63) is 237 Å². The molecule has 0 atom stereocenters. The van der Waals surface area contributed by atoms with Crippen LogP contribution < -0.4 is 4.90 Å². The molecule has 0 aliphatic rings. The monoisotopic (exact) mass is 781 g/mol. The average Bonchev–Trinajstić information content (AvgIpc) is 3.72. The van der Waals surface area contributed by atoms with Gasteiger partial charge in [-0.25, -0.2) is 0 Å². The van der Waals surface area contributed by atoms with Gasteiger partial charge in [-0.3, -0.25) is 0 Å². The van der Waals surface area contributed by atoms with E-state index in [2.05, 4.69) is 241 Å². The molecule has 60 heavy (non-hydrogen) atoms. The number of hydrogen-bond donors (Lipinski definition) is 0. The Morgan fingerprint density at radius 1 is 0.250 bits per heavy atom. The molecule has 0 fully saturated rings. The van der Waals surface area contributed by atoms with E-state index in [1.165, 1.54) is 86.6 Å². The van der Waals surface area contributed by atoms with E-state index in [1.807, 2.05) is 11.3 Å². The standard InChI is InChI=1S/C58H39NS/c1-4-14-40(15-5-1)43-24-30-49(31-25-43)59(50-32-26-44(27-33-50)48-37-46(41-16-6-2-7-17-41)36-47(38-48)42-18-8-3-9-19-42)51-34-28-45(29-35-51)55-39-56-53-21-12-13-23-57(53)60-58(56)54-22-11-10-20-52(54)55/h1-39H. The SMILES string of the molecule is c1ccc(-c2ccc(N(c3ccc(-c4cc(-c5ccccc5)cc(-c5ccccc5)c4)cc3)c3ccc(-c4cc5c6ccccc6sc5c5ccccc45)cc3)cc2)cc1. The first kappa shape index (κ1) is 35.6. The van der Waals surface area contributed by atoms with Crippen LogP contribution in [0.25, 0.3) is 86.6 Å². The molecule has 0 spiro atoms. The number of anilines is 3. The molecule has 1 aromatic heterocycles. The van der Waals surface area contributed by atoms with E-state index in [0.29, 0.717) is 0 Å². The minimum absolute atomic E-state index is 1.10. The van der Waals surface area contributed by atoms with Crippen LogP contribution in [0.3, 0.4) is 0 Å². The molecule has 0 unspecified atom stereocenters. The van der Waals surface area contributed by atoms with Crippen LogP contribution in [0, 0.1) is 0 Å². The van der Waals surface area contributed by atoms with Crippen LogP contribution in [0.4, 0.5) is 17.1 Å². The molecule has 0 amide bonds. The summed E-state index contributed by atoms with van der Waals surface area (Å²) >= 11 is 1.89. The van der Waals surface area contributed by atoms with Crippen molar-refractivity contribution >= 4 is 59.3 Å². The number of rotatable bonds is 8. The molecule has 11 rings (SSSR count). The summed E-state index contributed by atoms with van der Waals surface area (Å²) in [5, 5.41) is 5.22. The minimum atomic E-state index is 1.10. The van der Waals surface area contributed by atoms with Crippen molar-refractivity contribution in [3.8, 4) is 55.6 Å². The van der Waals surface area contributed by atoms with Crippen LogP contribution in [-0.2, 0) is 0 Å². The van der Waals surface area contributed by atoms with Crippen molar-refractivity contribution in [3.63, 3.8) is 0 Å². The van der Waals surface area contributed by atoms with Gasteiger partial charge in [-0.15, -0.1) is 11.3 Å². The third-order valence-corrected chi connectivity index (χ3v) is 12.9. The molecule has 1 nitrogen and oxygen atoms in total. The van der Waals surface area contributed by atoms with Gasteiger partial charge in [0.25, 0.3) is 0 Å². The van der Waals surface area contributed by atoms with Gasteiger partial charge in [-0.1, -0.05) is 170 Å². The fourth-order valence-electron chi connectivity index (χ4n) is 8.65. The van der Waals surface area contributed by atoms with Crippen LogP contribution in [0.5, 0.6) is 0 Å². The van der Waals surface area contributed by atoms with Crippen LogP contribution in [0.2, 0.25) is 0 Å². The quantitative estimate of drug-likeness (QED) is 0.148. The molecular formula is C58H39NS. The second-order valence-electron chi connectivity index (χ2n) is 15.3. The molecule has 10 aromatic carbocycles. The predicted molar refractivity (Wildman–Crippen MR) is 259 cm³/mol. The van der Waals surface area contributed by atoms with Gasteiger partial charge in [0.2, 0.25) is 0 Å². The molecule has 1 heterocycles. The summed E-state index contributed by atoms with van der Waals surface area (Å²) in [6.45, 7) is 0. The molecule has 0 bridgehead atoms. The molecule has 0 saturated carbocycles. The Morgan fingerprint density at radius 3 is 1.12 bits per heavy atom. The first-order chi connectivity index (χ1) is 29.7. The Bertz CT molecular complexity index is 3200. The van der Waals surface area contributed by atoms with E-state index in [-0.39, 0.29) is 0 Å². The lowest BCUT2D eigenvalue weighted by Gasteiger charge is -2.26. The summed E-state index contributed by atoms with van der Waals surface area (Å²) in [4.78, 5) is 2.37. The van der Waals surface area contributed by atoms with Gasteiger partial charge in [-0.2, -0.15) is 0 Å². The van der Waals surface area contributed by atoms with Crippen molar-refractivity contribution < 1.29 is 0 Å². The molecule has 0 N–H and O–H groups in total. The van der Waals surface area contributed by atoms with Crippen LogP contribution >= 0.6 is 11.3 Å². The van der Waals surface area contributed by atoms with Gasteiger partial charge in [0.1, 0.15) is 0 Å². The Balaban J connectivity index is 1.01. The summed E-state index contributed by atoms with van der Waals surface area (Å²) in [5.74, 6) is 0. The highest BCUT2D eigenvalue weighted by atomic mass is 32.1. The highest BCUT2D eigenvalue weighted by Gasteiger charge is 2.17. The number of thiophene rings is 1. The van der Waals surface area contributed by atoms with E-state index >= 15 is 0 Å². The Hall–Kier alpha value is -7.52. The topological polar surface area (TPSA) is 3.24 Å².